The van der Waals surface area contributed by atoms with Gasteiger partial charge in [-0.2, -0.15) is 0 Å². The van der Waals surface area contributed by atoms with Crippen molar-refractivity contribution in [1.82, 2.24) is 4.90 Å². The Balaban J connectivity index is 1.82. The summed E-state index contributed by atoms with van der Waals surface area (Å²) in [5, 5.41) is 9.92. The number of amides is 1. The molecular formula is C10H16BrNO2. The van der Waals surface area contributed by atoms with Crippen LogP contribution in [0.3, 0.4) is 0 Å². The first kappa shape index (κ1) is 10.3. The second kappa shape index (κ2) is 3.72. The Morgan fingerprint density at radius 2 is 2.00 bits per heavy atom. The van der Waals surface area contributed by atoms with Gasteiger partial charge in [0.05, 0.1) is 0 Å². The molecule has 0 aromatic rings. The van der Waals surface area contributed by atoms with E-state index in [0.29, 0.717) is 5.41 Å². The van der Waals surface area contributed by atoms with E-state index in [0.717, 1.165) is 37.2 Å². The van der Waals surface area contributed by atoms with Crippen molar-refractivity contribution in [3.8, 4) is 0 Å². The van der Waals surface area contributed by atoms with Gasteiger partial charge in [0.1, 0.15) is 0 Å². The van der Waals surface area contributed by atoms with Gasteiger partial charge in [0, 0.05) is 18.4 Å². The SMILES string of the molecule is O=C(O)N1CCC2(CC1)CC(CBr)C2. The summed E-state index contributed by atoms with van der Waals surface area (Å²) in [6.45, 7) is 1.48. The lowest BCUT2D eigenvalue weighted by molar-refractivity contribution is 0.000588. The van der Waals surface area contributed by atoms with Crippen LogP contribution >= 0.6 is 15.9 Å². The number of nitrogens with zero attached hydrogens (tertiary/aromatic N) is 1. The van der Waals surface area contributed by atoms with Gasteiger partial charge in [0.25, 0.3) is 0 Å². The maximum atomic E-state index is 10.7. The van der Waals surface area contributed by atoms with Crippen molar-refractivity contribution in [2.24, 2.45) is 11.3 Å². The molecule has 3 nitrogen and oxygen atoms in total. The first-order chi connectivity index (χ1) is 6.65. The van der Waals surface area contributed by atoms with Gasteiger partial charge < -0.3 is 10.0 Å². The number of carbonyl (C=O) groups is 1. The summed E-state index contributed by atoms with van der Waals surface area (Å²) in [5.41, 5.74) is 0.504. The lowest BCUT2D eigenvalue weighted by Gasteiger charge is -2.51. The van der Waals surface area contributed by atoms with Crippen molar-refractivity contribution in [2.45, 2.75) is 25.7 Å². The van der Waals surface area contributed by atoms with Crippen LogP contribution < -0.4 is 0 Å². The van der Waals surface area contributed by atoms with Gasteiger partial charge in [-0.25, -0.2) is 4.79 Å². The van der Waals surface area contributed by atoms with Crippen molar-refractivity contribution >= 4 is 22.0 Å². The third-order valence-electron chi connectivity index (χ3n) is 3.76. The topological polar surface area (TPSA) is 40.5 Å². The molecule has 0 radical (unpaired) electrons. The fourth-order valence-electron chi connectivity index (χ4n) is 2.85. The van der Waals surface area contributed by atoms with Gasteiger partial charge in [-0.1, -0.05) is 15.9 Å². The molecule has 1 saturated carbocycles. The molecule has 1 heterocycles. The van der Waals surface area contributed by atoms with Crippen LogP contribution in [-0.4, -0.2) is 34.5 Å². The van der Waals surface area contributed by atoms with Crippen LogP contribution in [0.5, 0.6) is 0 Å². The Labute approximate surface area is 92.6 Å². The van der Waals surface area contributed by atoms with E-state index in [2.05, 4.69) is 15.9 Å². The summed E-state index contributed by atoms with van der Waals surface area (Å²) >= 11 is 3.51. The number of halogens is 1. The van der Waals surface area contributed by atoms with Gasteiger partial charge in [-0.05, 0) is 37.0 Å². The molecule has 2 aliphatic rings. The highest BCUT2D eigenvalue weighted by Gasteiger charge is 2.45. The first-order valence-electron chi connectivity index (χ1n) is 5.19. The second-order valence-corrected chi connectivity index (χ2v) is 5.35. The number of piperidine rings is 1. The molecule has 2 fully saturated rings. The minimum atomic E-state index is -0.754. The van der Waals surface area contributed by atoms with Crippen molar-refractivity contribution < 1.29 is 9.90 Å². The molecule has 80 valence electrons. The maximum Gasteiger partial charge on any atom is 0.407 e. The zero-order chi connectivity index (χ0) is 10.2. The molecule has 1 amide bonds. The summed E-state index contributed by atoms with van der Waals surface area (Å²) in [7, 11) is 0. The second-order valence-electron chi connectivity index (χ2n) is 4.70. The van der Waals surface area contributed by atoms with Gasteiger partial charge in [-0.15, -0.1) is 0 Å². The summed E-state index contributed by atoms with van der Waals surface area (Å²) in [6, 6.07) is 0. The molecule has 0 unspecified atom stereocenters. The zero-order valence-electron chi connectivity index (χ0n) is 8.21. The summed E-state index contributed by atoms with van der Waals surface area (Å²) in [6.07, 6.45) is 3.99. The van der Waals surface area contributed by atoms with E-state index in [1.807, 2.05) is 0 Å². The zero-order valence-corrected chi connectivity index (χ0v) is 9.79. The molecule has 1 N–H and O–H groups in total. The predicted octanol–water partition coefficient (Wildman–Crippen LogP) is 2.55. The monoisotopic (exact) mass is 261 g/mol. The predicted molar refractivity (Wildman–Crippen MR) is 57.8 cm³/mol. The Bertz CT molecular complexity index is 228. The number of alkyl halides is 1. The van der Waals surface area contributed by atoms with Crippen molar-refractivity contribution in [2.75, 3.05) is 18.4 Å². The molecule has 2 rings (SSSR count). The normalized spacial score (nSPS) is 26.2. The highest BCUT2D eigenvalue weighted by atomic mass is 79.9. The highest BCUT2D eigenvalue weighted by Crippen LogP contribution is 2.52. The molecule has 0 atom stereocenters. The van der Waals surface area contributed by atoms with Crippen LogP contribution in [0.2, 0.25) is 0 Å². The minimum Gasteiger partial charge on any atom is -0.465 e. The van der Waals surface area contributed by atoms with Crippen LogP contribution in [0.4, 0.5) is 4.79 Å². The minimum absolute atomic E-state index is 0.504. The largest absolute Gasteiger partial charge is 0.465 e. The molecule has 1 spiro atoms. The van der Waals surface area contributed by atoms with E-state index < -0.39 is 6.09 Å². The molecule has 1 aliphatic heterocycles. The van der Waals surface area contributed by atoms with Crippen LogP contribution in [0, 0.1) is 11.3 Å². The molecule has 1 saturated heterocycles. The van der Waals surface area contributed by atoms with Crippen LogP contribution in [0.25, 0.3) is 0 Å². The Morgan fingerprint density at radius 1 is 1.43 bits per heavy atom. The average molecular weight is 262 g/mol. The van der Waals surface area contributed by atoms with Gasteiger partial charge in [0.15, 0.2) is 0 Å². The lowest BCUT2D eigenvalue weighted by Crippen LogP contribution is -2.48. The summed E-state index contributed by atoms with van der Waals surface area (Å²) in [5.74, 6) is 0.839. The fourth-order valence-corrected chi connectivity index (χ4v) is 3.31. The molecule has 14 heavy (non-hydrogen) atoms. The number of likely N-dealkylation sites (tertiary alicyclic amines) is 1. The Kier molecular flexibility index (Phi) is 2.73. The van der Waals surface area contributed by atoms with Crippen LogP contribution in [-0.2, 0) is 0 Å². The molecule has 0 aromatic heterocycles. The first-order valence-corrected chi connectivity index (χ1v) is 6.31. The van der Waals surface area contributed by atoms with Crippen LogP contribution in [0.15, 0.2) is 0 Å². The number of rotatable bonds is 1. The average Bonchev–Trinajstić information content (AvgIpc) is 2.14. The number of hydrogen-bond acceptors (Lipinski definition) is 1. The van der Waals surface area contributed by atoms with Gasteiger partial charge in [-0.3, -0.25) is 0 Å². The van der Waals surface area contributed by atoms with E-state index in [-0.39, 0.29) is 0 Å². The highest BCUT2D eigenvalue weighted by molar-refractivity contribution is 9.09. The molecule has 0 bridgehead atoms. The number of carboxylic acid groups (broad SMARTS) is 1. The molecule has 4 heteroatoms. The molecule has 1 aliphatic carbocycles. The lowest BCUT2D eigenvalue weighted by atomic mass is 9.58. The maximum absolute atomic E-state index is 10.7. The summed E-state index contributed by atoms with van der Waals surface area (Å²) < 4.78 is 0. The quantitative estimate of drug-likeness (QED) is 0.738. The van der Waals surface area contributed by atoms with E-state index >= 15 is 0 Å². The van der Waals surface area contributed by atoms with E-state index in [4.69, 9.17) is 5.11 Å². The molecule has 0 aromatic carbocycles. The van der Waals surface area contributed by atoms with Crippen molar-refractivity contribution in [3.63, 3.8) is 0 Å². The van der Waals surface area contributed by atoms with Crippen molar-refractivity contribution in [1.29, 1.82) is 0 Å². The number of hydrogen-bond donors (Lipinski definition) is 1. The standard InChI is InChI=1S/C10H16BrNO2/c11-7-8-5-10(6-8)1-3-12(4-2-10)9(13)14/h8H,1-7H2,(H,13,14). The van der Waals surface area contributed by atoms with Crippen molar-refractivity contribution in [3.05, 3.63) is 0 Å². The summed E-state index contributed by atoms with van der Waals surface area (Å²) in [4.78, 5) is 12.3. The third-order valence-corrected chi connectivity index (χ3v) is 4.67. The van der Waals surface area contributed by atoms with Gasteiger partial charge >= 0.3 is 6.09 Å². The van der Waals surface area contributed by atoms with E-state index in [1.165, 1.54) is 12.8 Å². The van der Waals surface area contributed by atoms with Gasteiger partial charge in [0.2, 0.25) is 0 Å². The van der Waals surface area contributed by atoms with E-state index in [1.54, 1.807) is 4.90 Å². The smallest absolute Gasteiger partial charge is 0.407 e. The molecular weight excluding hydrogens is 246 g/mol. The third kappa shape index (κ3) is 1.76. The Hall–Kier alpha value is -0.250. The Morgan fingerprint density at radius 3 is 2.43 bits per heavy atom. The van der Waals surface area contributed by atoms with Crippen LogP contribution in [0.1, 0.15) is 25.7 Å². The fraction of sp³-hybridized carbons (Fsp3) is 0.900. The van der Waals surface area contributed by atoms with E-state index in [9.17, 15) is 4.79 Å².